The number of carbonyl (C=O) groups excluding carboxylic acids is 4. The average molecular weight is 1260 g/mol. The van der Waals surface area contributed by atoms with Crippen molar-refractivity contribution in [1.82, 2.24) is 0 Å². The number of aliphatic hydroxyl groups is 1. The van der Waals surface area contributed by atoms with Crippen molar-refractivity contribution in [3.8, 4) is 0 Å². The maximum atomic E-state index is 13.0. The number of phosphoric ester groups is 2. The highest BCUT2D eigenvalue weighted by molar-refractivity contribution is 7.47. The van der Waals surface area contributed by atoms with Crippen molar-refractivity contribution in [2.45, 2.75) is 349 Å². The van der Waals surface area contributed by atoms with E-state index < -0.39 is 97.5 Å². The van der Waals surface area contributed by atoms with E-state index >= 15 is 0 Å². The quantitative estimate of drug-likeness (QED) is 0.0222. The first-order valence-electron chi connectivity index (χ1n) is 34.5. The number of esters is 4. The second kappa shape index (κ2) is 58.4. The van der Waals surface area contributed by atoms with Crippen molar-refractivity contribution in [2.24, 2.45) is 11.8 Å². The van der Waals surface area contributed by atoms with Gasteiger partial charge in [0, 0.05) is 25.7 Å². The summed E-state index contributed by atoms with van der Waals surface area (Å²) in [6.07, 6.45) is 41.7. The lowest BCUT2D eigenvalue weighted by molar-refractivity contribution is -0.161. The summed E-state index contributed by atoms with van der Waals surface area (Å²) in [5.41, 5.74) is 0. The van der Waals surface area contributed by atoms with Gasteiger partial charge in [0.2, 0.25) is 0 Å². The summed E-state index contributed by atoms with van der Waals surface area (Å²) in [4.78, 5) is 72.3. The molecular weight excluding hydrogens is 1130 g/mol. The Bertz CT molecular complexity index is 1670. The Morgan fingerprint density at radius 3 is 0.800 bits per heavy atom. The first-order valence-corrected chi connectivity index (χ1v) is 37.5. The third-order valence-corrected chi connectivity index (χ3v) is 17.1. The van der Waals surface area contributed by atoms with Crippen molar-refractivity contribution in [3.63, 3.8) is 0 Å². The minimum Gasteiger partial charge on any atom is -0.462 e. The molecule has 0 aromatic rings. The Labute approximate surface area is 517 Å². The molecule has 0 aliphatic carbocycles. The van der Waals surface area contributed by atoms with Gasteiger partial charge in [0.1, 0.15) is 19.3 Å². The Morgan fingerprint density at radius 2 is 0.541 bits per heavy atom. The summed E-state index contributed by atoms with van der Waals surface area (Å²) >= 11 is 0. The van der Waals surface area contributed by atoms with Crippen molar-refractivity contribution in [3.05, 3.63) is 0 Å². The van der Waals surface area contributed by atoms with Gasteiger partial charge in [0.15, 0.2) is 12.2 Å². The molecule has 504 valence electrons. The third-order valence-electron chi connectivity index (χ3n) is 15.2. The fourth-order valence-electron chi connectivity index (χ4n) is 9.88. The molecule has 0 saturated heterocycles. The zero-order valence-electron chi connectivity index (χ0n) is 54.9. The molecule has 85 heavy (non-hydrogen) atoms. The lowest BCUT2D eigenvalue weighted by Crippen LogP contribution is -2.30. The van der Waals surface area contributed by atoms with Gasteiger partial charge in [0.05, 0.1) is 26.4 Å². The standard InChI is InChI=1S/C66H128O17P2/c1-7-9-11-13-15-17-19-20-22-26-31-39-45-51-66(71)82-61(54-76-63(68)48-42-36-29-27-23-24-28-34-40-46-58(3)4)56-80-84(72,73)78-52-60(67)53-79-85(74,75)81-57-62(55-77-64(69)49-43-37-33-32-35-41-47-59(5)6)83-65(70)50-44-38-30-25-21-18-16-14-12-10-8-2/h58-62,67H,7-57H2,1-6H3,(H,72,73)(H,74,75)/t60-,61-,62-/m1/s1. The molecule has 0 bridgehead atoms. The number of carbonyl (C=O) groups is 4. The first-order chi connectivity index (χ1) is 40.9. The van der Waals surface area contributed by atoms with Crippen LogP contribution in [-0.4, -0.2) is 96.7 Å². The van der Waals surface area contributed by atoms with Gasteiger partial charge >= 0.3 is 39.5 Å². The van der Waals surface area contributed by atoms with Crippen LogP contribution >= 0.6 is 15.6 Å². The van der Waals surface area contributed by atoms with Gasteiger partial charge in [-0.1, -0.05) is 279 Å². The molecule has 17 nitrogen and oxygen atoms in total. The van der Waals surface area contributed by atoms with Crippen LogP contribution in [0.2, 0.25) is 0 Å². The van der Waals surface area contributed by atoms with E-state index in [4.69, 9.17) is 37.0 Å². The molecule has 0 saturated carbocycles. The van der Waals surface area contributed by atoms with Gasteiger partial charge in [-0.05, 0) is 37.5 Å². The molecule has 0 amide bonds. The maximum Gasteiger partial charge on any atom is 0.472 e. The van der Waals surface area contributed by atoms with Crippen molar-refractivity contribution < 1.29 is 80.2 Å². The van der Waals surface area contributed by atoms with Crippen molar-refractivity contribution in [2.75, 3.05) is 39.6 Å². The Kier molecular flexibility index (Phi) is 57.1. The highest BCUT2D eigenvalue weighted by Crippen LogP contribution is 2.45. The lowest BCUT2D eigenvalue weighted by Gasteiger charge is -2.21. The smallest absolute Gasteiger partial charge is 0.462 e. The van der Waals surface area contributed by atoms with Crippen molar-refractivity contribution >= 4 is 39.5 Å². The van der Waals surface area contributed by atoms with Crippen LogP contribution in [0.4, 0.5) is 0 Å². The Balaban J connectivity index is 5.24. The van der Waals surface area contributed by atoms with E-state index in [1.54, 1.807) is 0 Å². The molecule has 0 aliphatic heterocycles. The minimum absolute atomic E-state index is 0.106. The molecule has 3 N–H and O–H groups in total. The fraction of sp³-hybridized carbons (Fsp3) is 0.939. The molecule has 0 aliphatic rings. The molecule has 0 radical (unpaired) electrons. The van der Waals surface area contributed by atoms with Crippen molar-refractivity contribution in [1.29, 1.82) is 0 Å². The van der Waals surface area contributed by atoms with Crippen LogP contribution in [0.25, 0.3) is 0 Å². The second-order valence-corrected chi connectivity index (χ2v) is 27.7. The number of ether oxygens (including phenoxy) is 4. The van der Waals surface area contributed by atoms with Gasteiger partial charge in [-0.2, -0.15) is 0 Å². The number of aliphatic hydroxyl groups excluding tert-OH is 1. The molecule has 0 aromatic carbocycles. The predicted molar refractivity (Wildman–Crippen MR) is 340 cm³/mol. The largest absolute Gasteiger partial charge is 0.472 e. The van der Waals surface area contributed by atoms with E-state index in [1.807, 2.05) is 0 Å². The summed E-state index contributed by atoms with van der Waals surface area (Å²) in [7, 11) is -9.89. The topological polar surface area (TPSA) is 237 Å². The summed E-state index contributed by atoms with van der Waals surface area (Å²) in [6.45, 7) is 9.41. The molecule has 0 aromatic heterocycles. The Hall–Kier alpha value is -1.94. The number of hydrogen-bond acceptors (Lipinski definition) is 15. The van der Waals surface area contributed by atoms with E-state index in [0.717, 1.165) is 102 Å². The van der Waals surface area contributed by atoms with E-state index in [0.29, 0.717) is 31.6 Å². The maximum absolute atomic E-state index is 13.0. The Morgan fingerprint density at radius 1 is 0.318 bits per heavy atom. The van der Waals surface area contributed by atoms with Crippen LogP contribution in [0.15, 0.2) is 0 Å². The second-order valence-electron chi connectivity index (χ2n) is 24.8. The van der Waals surface area contributed by atoms with Gasteiger partial charge in [-0.25, -0.2) is 9.13 Å². The average Bonchev–Trinajstić information content (AvgIpc) is 3.49. The van der Waals surface area contributed by atoms with Crippen LogP contribution < -0.4 is 0 Å². The molecule has 0 fully saturated rings. The van der Waals surface area contributed by atoms with Crippen LogP contribution in [0.1, 0.15) is 330 Å². The first kappa shape index (κ1) is 83.1. The number of phosphoric acid groups is 2. The fourth-order valence-corrected chi connectivity index (χ4v) is 11.5. The van der Waals surface area contributed by atoms with E-state index in [9.17, 15) is 43.2 Å². The number of rotatable bonds is 65. The van der Waals surface area contributed by atoms with Gasteiger partial charge in [0.25, 0.3) is 0 Å². The molecule has 19 heteroatoms. The third kappa shape index (κ3) is 60.7. The van der Waals surface area contributed by atoms with E-state index in [1.165, 1.54) is 141 Å². The van der Waals surface area contributed by atoms with Gasteiger partial charge in [-0.3, -0.25) is 37.3 Å². The summed E-state index contributed by atoms with van der Waals surface area (Å²) < 4.78 is 68.1. The molecule has 0 spiro atoms. The van der Waals surface area contributed by atoms with E-state index in [2.05, 4.69) is 41.5 Å². The van der Waals surface area contributed by atoms with Crippen LogP contribution in [0, 0.1) is 11.8 Å². The molecule has 2 unspecified atom stereocenters. The normalized spacial score (nSPS) is 14.2. The van der Waals surface area contributed by atoms with Crippen LogP contribution in [0.3, 0.4) is 0 Å². The van der Waals surface area contributed by atoms with Crippen LogP contribution in [-0.2, 0) is 65.4 Å². The molecule has 0 rings (SSSR count). The zero-order valence-corrected chi connectivity index (χ0v) is 56.7. The number of unbranched alkanes of at least 4 members (excludes halogenated alkanes) is 35. The van der Waals surface area contributed by atoms with Gasteiger partial charge in [-0.15, -0.1) is 0 Å². The SMILES string of the molecule is CCCCCCCCCCCCCCCC(=O)O[C@H](COC(=O)CCCCCCCCCCCC(C)C)COP(=O)(O)OC[C@@H](O)COP(=O)(O)OC[C@@H](COC(=O)CCCCCCCCC(C)C)OC(=O)CCCCCCCCCCCCC. The van der Waals surface area contributed by atoms with Crippen LogP contribution in [0.5, 0.6) is 0 Å². The predicted octanol–water partition coefficient (Wildman–Crippen LogP) is 18.4. The lowest BCUT2D eigenvalue weighted by atomic mass is 10.0. The molecular formula is C66H128O17P2. The molecule has 0 heterocycles. The summed E-state index contributed by atoms with van der Waals surface area (Å²) in [5.74, 6) is -0.707. The highest BCUT2D eigenvalue weighted by Gasteiger charge is 2.30. The van der Waals surface area contributed by atoms with Gasteiger partial charge < -0.3 is 33.8 Å². The number of hydrogen-bond donors (Lipinski definition) is 3. The molecule has 5 atom stereocenters. The summed E-state index contributed by atoms with van der Waals surface area (Å²) in [5, 5.41) is 10.5. The minimum atomic E-state index is -4.95. The zero-order chi connectivity index (χ0) is 62.9. The summed E-state index contributed by atoms with van der Waals surface area (Å²) in [6, 6.07) is 0. The monoisotopic (exact) mass is 1250 g/mol. The highest BCUT2D eigenvalue weighted by atomic mass is 31.2. The van der Waals surface area contributed by atoms with E-state index in [-0.39, 0.29) is 25.7 Å².